The Hall–Kier alpha value is -1.92. The Morgan fingerprint density at radius 2 is 2.14 bits per heavy atom. The fourth-order valence-electron chi connectivity index (χ4n) is 2.07. The van der Waals surface area contributed by atoms with Crippen LogP contribution in [-0.2, 0) is 6.61 Å². The van der Waals surface area contributed by atoms with Gasteiger partial charge in [-0.3, -0.25) is 0 Å². The average molecular weight is 380 g/mol. The molecule has 0 bridgehead atoms. The molecule has 1 aromatic heterocycles. The third kappa shape index (κ3) is 3.28. The predicted molar refractivity (Wildman–Crippen MR) is 87.8 cm³/mol. The van der Waals surface area contributed by atoms with Crippen LogP contribution in [0.25, 0.3) is 11.4 Å². The maximum atomic E-state index is 6.31. The molecule has 7 heteroatoms. The normalized spacial score (nSPS) is 10.7. The fraction of sp³-hybridized carbons (Fsp3) is 0.133. The minimum Gasteiger partial charge on any atom is -0.486 e. The van der Waals surface area contributed by atoms with Gasteiger partial charge in [-0.1, -0.05) is 41.4 Å². The average Bonchev–Trinajstić information content (AvgIpc) is 3.00. The monoisotopic (exact) mass is 378 g/mol. The molecule has 1 heterocycles. The molecular formula is C15H12BrClN4O. The van der Waals surface area contributed by atoms with Crippen molar-refractivity contribution in [2.45, 2.75) is 13.5 Å². The summed E-state index contributed by atoms with van der Waals surface area (Å²) in [4.78, 5) is 0. The summed E-state index contributed by atoms with van der Waals surface area (Å²) in [6.45, 7) is 2.49. The lowest BCUT2D eigenvalue weighted by molar-refractivity contribution is 0.304. The highest BCUT2D eigenvalue weighted by atomic mass is 79.9. The number of halogens is 2. The molecular weight excluding hydrogens is 368 g/mol. The largest absolute Gasteiger partial charge is 0.486 e. The SMILES string of the molecule is Cc1cccc(COc2c(Cl)cc(-c3nn[nH]n3)cc2Br)c1. The molecule has 1 N–H and O–H groups in total. The Balaban J connectivity index is 1.82. The number of rotatable bonds is 4. The van der Waals surface area contributed by atoms with Crippen LogP contribution in [0.1, 0.15) is 11.1 Å². The van der Waals surface area contributed by atoms with Crippen molar-refractivity contribution in [3.05, 3.63) is 57.0 Å². The van der Waals surface area contributed by atoms with Gasteiger partial charge >= 0.3 is 0 Å². The quantitative estimate of drug-likeness (QED) is 0.739. The van der Waals surface area contributed by atoms with Crippen LogP contribution in [-0.4, -0.2) is 20.6 Å². The number of nitrogens with zero attached hydrogens (tertiary/aromatic N) is 3. The van der Waals surface area contributed by atoms with Gasteiger partial charge in [0.05, 0.1) is 9.50 Å². The molecule has 0 aliphatic carbocycles. The zero-order valence-electron chi connectivity index (χ0n) is 11.7. The summed E-state index contributed by atoms with van der Waals surface area (Å²) >= 11 is 9.78. The smallest absolute Gasteiger partial charge is 0.204 e. The van der Waals surface area contributed by atoms with Crippen molar-refractivity contribution in [3.63, 3.8) is 0 Å². The van der Waals surface area contributed by atoms with E-state index in [-0.39, 0.29) is 0 Å². The van der Waals surface area contributed by atoms with Crippen molar-refractivity contribution in [3.8, 4) is 17.1 Å². The lowest BCUT2D eigenvalue weighted by Crippen LogP contribution is -1.97. The Bertz CT molecular complexity index is 769. The van der Waals surface area contributed by atoms with Crippen molar-refractivity contribution < 1.29 is 4.74 Å². The van der Waals surface area contributed by atoms with E-state index in [1.54, 1.807) is 6.07 Å². The van der Waals surface area contributed by atoms with E-state index in [1.165, 1.54) is 5.56 Å². The highest BCUT2D eigenvalue weighted by molar-refractivity contribution is 9.10. The Labute approximate surface area is 140 Å². The van der Waals surface area contributed by atoms with Crippen molar-refractivity contribution in [1.82, 2.24) is 20.6 Å². The molecule has 112 valence electrons. The van der Waals surface area contributed by atoms with Crippen LogP contribution in [0.15, 0.2) is 40.9 Å². The van der Waals surface area contributed by atoms with Gasteiger partial charge in [0.1, 0.15) is 6.61 Å². The topological polar surface area (TPSA) is 63.7 Å². The van der Waals surface area contributed by atoms with Gasteiger partial charge in [-0.05, 0) is 45.8 Å². The number of benzene rings is 2. The molecule has 22 heavy (non-hydrogen) atoms. The summed E-state index contributed by atoms with van der Waals surface area (Å²) < 4.78 is 6.58. The van der Waals surface area contributed by atoms with Gasteiger partial charge in [-0.2, -0.15) is 5.21 Å². The molecule has 0 saturated heterocycles. The number of aromatic amines is 1. The van der Waals surface area contributed by atoms with Crippen molar-refractivity contribution in [2.75, 3.05) is 0 Å². The van der Waals surface area contributed by atoms with E-state index in [9.17, 15) is 0 Å². The van der Waals surface area contributed by atoms with E-state index in [0.717, 1.165) is 15.6 Å². The number of hydrogen-bond acceptors (Lipinski definition) is 4. The van der Waals surface area contributed by atoms with Gasteiger partial charge in [-0.15, -0.1) is 10.2 Å². The first-order valence-electron chi connectivity index (χ1n) is 6.54. The summed E-state index contributed by atoms with van der Waals surface area (Å²) in [6, 6.07) is 11.7. The van der Waals surface area contributed by atoms with Crippen LogP contribution < -0.4 is 4.74 Å². The van der Waals surface area contributed by atoms with Gasteiger partial charge < -0.3 is 4.74 Å². The Kier molecular flexibility index (Phi) is 4.40. The molecule has 0 amide bonds. The molecule has 0 radical (unpaired) electrons. The number of aromatic nitrogens is 4. The summed E-state index contributed by atoms with van der Waals surface area (Å²) in [6.07, 6.45) is 0. The molecule has 0 fully saturated rings. The van der Waals surface area contributed by atoms with Gasteiger partial charge in [0.25, 0.3) is 0 Å². The molecule has 3 aromatic rings. The molecule has 0 aliphatic rings. The summed E-state index contributed by atoms with van der Waals surface area (Å²) in [5.74, 6) is 1.07. The third-order valence-electron chi connectivity index (χ3n) is 3.07. The van der Waals surface area contributed by atoms with Crippen LogP contribution in [0.4, 0.5) is 0 Å². The van der Waals surface area contributed by atoms with Gasteiger partial charge in [0, 0.05) is 5.56 Å². The number of tetrazole rings is 1. The zero-order valence-corrected chi connectivity index (χ0v) is 14.0. The van der Waals surface area contributed by atoms with E-state index in [4.69, 9.17) is 16.3 Å². The van der Waals surface area contributed by atoms with E-state index >= 15 is 0 Å². The van der Waals surface area contributed by atoms with Crippen LogP contribution in [0.5, 0.6) is 5.75 Å². The van der Waals surface area contributed by atoms with Gasteiger partial charge in [0.15, 0.2) is 5.75 Å². The molecule has 0 aliphatic heterocycles. The van der Waals surface area contributed by atoms with Crippen molar-refractivity contribution >= 4 is 27.5 Å². The molecule has 0 saturated carbocycles. The molecule has 3 rings (SSSR count). The predicted octanol–water partition coefficient (Wildman–Crippen LogP) is 4.17. The number of nitrogens with one attached hydrogen (secondary N) is 1. The van der Waals surface area contributed by atoms with Crippen LogP contribution in [0, 0.1) is 6.92 Å². The van der Waals surface area contributed by atoms with Gasteiger partial charge in [-0.25, -0.2) is 0 Å². The highest BCUT2D eigenvalue weighted by Gasteiger charge is 2.13. The van der Waals surface area contributed by atoms with Crippen LogP contribution >= 0.6 is 27.5 Å². The van der Waals surface area contributed by atoms with E-state index in [0.29, 0.717) is 23.2 Å². The summed E-state index contributed by atoms with van der Waals surface area (Å²) in [5.41, 5.74) is 3.04. The van der Waals surface area contributed by atoms with Crippen LogP contribution in [0.2, 0.25) is 5.02 Å². The maximum Gasteiger partial charge on any atom is 0.204 e. The maximum absolute atomic E-state index is 6.31. The minimum atomic E-state index is 0.446. The number of aryl methyl sites for hydroxylation is 1. The first-order chi connectivity index (χ1) is 10.6. The number of hydrogen-bond donors (Lipinski definition) is 1. The number of ether oxygens (including phenoxy) is 1. The second-order valence-electron chi connectivity index (χ2n) is 4.78. The Morgan fingerprint density at radius 1 is 1.27 bits per heavy atom. The highest BCUT2D eigenvalue weighted by Crippen LogP contribution is 2.37. The second-order valence-corrected chi connectivity index (χ2v) is 6.04. The minimum absolute atomic E-state index is 0.446. The van der Waals surface area contributed by atoms with Crippen molar-refractivity contribution in [1.29, 1.82) is 0 Å². The summed E-state index contributed by atoms with van der Waals surface area (Å²) in [5, 5.41) is 14.3. The third-order valence-corrected chi connectivity index (χ3v) is 3.94. The first kappa shape index (κ1) is 15.0. The summed E-state index contributed by atoms with van der Waals surface area (Å²) in [7, 11) is 0. The number of H-pyrrole nitrogens is 1. The van der Waals surface area contributed by atoms with Gasteiger partial charge in [0.2, 0.25) is 5.82 Å². The molecule has 0 spiro atoms. The molecule has 2 aromatic carbocycles. The van der Waals surface area contributed by atoms with E-state index in [1.807, 2.05) is 31.2 Å². The lowest BCUT2D eigenvalue weighted by Gasteiger charge is -2.11. The van der Waals surface area contributed by atoms with Crippen molar-refractivity contribution in [2.24, 2.45) is 0 Å². The molecule has 5 nitrogen and oxygen atoms in total. The molecule has 0 atom stereocenters. The zero-order chi connectivity index (χ0) is 15.5. The second kappa shape index (κ2) is 6.46. The van der Waals surface area contributed by atoms with Crippen LogP contribution in [0.3, 0.4) is 0 Å². The van der Waals surface area contributed by atoms with E-state index < -0.39 is 0 Å². The standard InChI is InChI=1S/C15H12BrClN4O/c1-9-3-2-4-10(5-9)8-22-14-12(16)6-11(7-13(14)17)15-18-20-21-19-15/h2-7H,8H2,1H3,(H,18,19,20,21). The fourth-order valence-corrected chi connectivity index (χ4v) is 3.03. The lowest BCUT2D eigenvalue weighted by atomic mass is 10.1. The first-order valence-corrected chi connectivity index (χ1v) is 7.72. The molecule has 0 unspecified atom stereocenters. The van der Waals surface area contributed by atoms with E-state index in [2.05, 4.69) is 42.6 Å². The Morgan fingerprint density at radius 3 is 2.82 bits per heavy atom.